The van der Waals surface area contributed by atoms with Crippen LogP contribution in [0.3, 0.4) is 0 Å². The SMILES string of the molecule is CO[C@H]1c2c(C)c(OCc3ccccc3Br)cc(C)c2CCC1C(C=O)CSCc1ccccc1. The summed E-state index contributed by atoms with van der Waals surface area (Å²) in [6.07, 6.45) is 2.95. The standard InChI is InChI=1S/C30H33BrO3S/c1-20-15-28(34-17-23-11-7-8-12-27(23)31)21(2)29-25(20)13-14-26(30(29)33-3)24(16-32)19-35-18-22-9-5-4-6-10-22/h4-12,15-16,24,26,30H,13-14,17-19H2,1-3H3/t24?,26?,30-/m1/s1. The van der Waals surface area contributed by atoms with E-state index in [-0.39, 0.29) is 17.9 Å². The van der Waals surface area contributed by atoms with Gasteiger partial charge in [0.15, 0.2) is 0 Å². The van der Waals surface area contributed by atoms with Crippen molar-refractivity contribution in [3.63, 3.8) is 0 Å². The van der Waals surface area contributed by atoms with Gasteiger partial charge < -0.3 is 14.3 Å². The highest BCUT2D eigenvalue weighted by molar-refractivity contribution is 9.10. The van der Waals surface area contributed by atoms with Gasteiger partial charge in [0.25, 0.3) is 0 Å². The van der Waals surface area contributed by atoms with Crippen molar-refractivity contribution in [1.29, 1.82) is 0 Å². The number of ether oxygens (including phenoxy) is 2. The van der Waals surface area contributed by atoms with E-state index in [1.807, 2.05) is 36.0 Å². The number of carbonyl (C=O) groups excluding carboxylic acids is 1. The number of rotatable bonds is 10. The minimum Gasteiger partial charge on any atom is -0.489 e. The van der Waals surface area contributed by atoms with Crippen molar-refractivity contribution >= 4 is 34.0 Å². The van der Waals surface area contributed by atoms with Crippen LogP contribution in [0.4, 0.5) is 0 Å². The molecule has 3 aromatic carbocycles. The van der Waals surface area contributed by atoms with Crippen LogP contribution in [0.1, 0.15) is 45.9 Å². The molecule has 184 valence electrons. The van der Waals surface area contributed by atoms with Gasteiger partial charge in [0, 0.05) is 34.6 Å². The quantitative estimate of drug-likeness (QED) is 0.242. The first-order valence-corrected chi connectivity index (χ1v) is 14.1. The van der Waals surface area contributed by atoms with Crippen LogP contribution in [0.2, 0.25) is 0 Å². The number of aldehydes is 1. The molecule has 0 saturated carbocycles. The lowest BCUT2D eigenvalue weighted by Gasteiger charge is -2.38. The average Bonchev–Trinajstić information content (AvgIpc) is 2.88. The van der Waals surface area contributed by atoms with E-state index in [2.05, 4.69) is 66.2 Å². The zero-order chi connectivity index (χ0) is 24.8. The van der Waals surface area contributed by atoms with Gasteiger partial charge in [0.05, 0.1) is 6.10 Å². The highest BCUT2D eigenvalue weighted by atomic mass is 79.9. The lowest BCUT2D eigenvalue weighted by Crippen LogP contribution is -2.32. The first-order chi connectivity index (χ1) is 17.0. The van der Waals surface area contributed by atoms with Crippen molar-refractivity contribution in [2.45, 2.75) is 45.2 Å². The van der Waals surface area contributed by atoms with Gasteiger partial charge in [-0.25, -0.2) is 0 Å². The fourth-order valence-electron chi connectivity index (χ4n) is 5.16. The summed E-state index contributed by atoms with van der Waals surface area (Å²) in [5.74, 6) is 2.71. The number of halogens is 1. The third-order valence-corrected chi connectivity index (χ3v) is 9.00. The molecule has 0 N–H and O–H groups in total. The van der Waals surface area contributed by atoms with Crippen LogP contribution in [0.15, 0.2) is 65.1 Å². The number of hydrogen-bond acceptors (Lipinski definition) is 4. The van der Waals surface area contributed by atoms with E-state index in [0.29, 0.717) is 6.61 Å². The van der Waals surface area contributed by atoms with Crippen molar-refractivity contribution in [2.24, 2.45) is 11.8 Å². The van der Waals surface area contributed by atoms with Crippen LogP contribution in [0, 0.1) is 25.7 Å². The molecular formula is C30H33BrO3S. The fraction of sp³-hybridized carbons (Fsp3) is 0.367. The lowest BCUT2D eigenvalue weighted by molar-refractivity contribution is -0.114. The second-order valence-electron chi connectivity index (χ2n) is 9.25. The zero-order valence-electron chi connectivity index (χ0n) is 20.6. The Hall–Kier alpha value is -2.08. The summed E-state index contributed by atoms with van der Waals surface area (Å²) in [4.78, 5) is 12.2. The molecule has 0 spiro atoms. The highest BCUT2D eigenvalue weighted by Crippen LogP contribution is 2.46. The molecule has 0 saturated heterocycles. The second-order valence-corrected chi connectivity index (χ2v) is 11.1. The number of carbonyl (C=O) groups is 1. The summed E-state index contributed by atoms with van der Waals surface area (Å²) in [5, 5.41) is 0. The third-order valence-electron chi connectivity index (χ3n) is 7.06. The van der Waals surface area contributed by atoms with Gasteiger partial charge in [-0.05, 0) is 72.6 Å². The van der Waals surface area contributed by atoms with Gasteiger partial charge in [-0.2, -0.15) is 11.8 Å². The van der Waals surface area contributed by atoms with Gasteiger partial charge in [0.2, 0.25) is 0 Å². The molecule has 2 unspecified atom stereocenters. The number of aryl methyl sites for hydroxylation is 1. The molecule has 3 aromatic rings. The maximum Gasteiger partial charge on any atom is 0.124 e. The maximum absolute atomic E-state index is 12.2. The van der Waals surface area contributed by atoms with Gasteiger partial charge >= 0.3 is 0 Å². The Morgan fingerprint density at radius 3 is 2.57 bits per heavy atom. The molecule has 35 heavy (non-hydrogen) atoms. The van der Waals surface area contributed by atoms with E-state index in [1.165, 1.54) is 22.3 Å². The van der Waals surface area contributed by atoms with Crippen molar-refractivity contribution < 1.29 is 14.3 Å². The molecule has 0 fully saturated rings. The Morgan fingerprint density at radius 1 is 1.11 bits per heavy atom. The Kier molecular flexibility index (Phi) is 9.10. The topological polar surface area (TPSA) is 35.5 Å². The summed E-state index contributed by atoms with van der Waals surface area (Å²) in [6, 6.07) is 20.7. The van der Waals surface area contributed by atoms with Crippen molar-refractivity contribution in [3.8, 4) is 5.75 Å². The molecule has 0 heterocycles. The minimum atomic E-state index is -0.114. The predicted octanol–water partition coefficient (Wildman–Crippen LogP) is 7.64. The van der Waals surface area contributed by atoms with Crippen LogP contribution in [0.25, 0.3) is 0 Å². The number of benzene rings is 3. The Balaban J connectivity index is 1.54. The van der Waals surface area contributed by atoms with Crippen molar-refractivity contribution in [1.82, 2.24) is 0 Å². The number of thioether (sulfide) groups is 1. The predicted molar refractivity (Wildman–Crippen MR) is 148 cm³/mol. The first kappa shape index (κ1) is 26.0. The molecule has 1 aliphatic rings. The van der Waals surface area contributed by atoms with Gasteiger partial charge in [-0.15, -0.1) is 0 Å². The van der Waals surface area contributed by atoms with Crippen molar-refractivity contribution in [2.75, 3.05) is 12.9 Å². The Labute approximate surface area is 221 Å². The van der Waals surface area contributed by atoms with Crippen molar-refractivity contribution in [3.05, 3.63) is 98.5 Å². The monoisotopic (exact) mass is 552 g/mol. The lowest BCUT2D eigenvalue weighted by atomic mass is 9.73. The second kappa shape index (κ2) is 12.2. The zero-order valence-corrected chi connectivity index (χ0v) is 23.0. The summed E-state index contributed by atoms with van der Waals surface area (Å²) in [7, 11) is 1.77. The van der Waals surface area contributed by atoms with Crippen LogP contribution in [0.5, 0.6) is 5.75 Å². The molecule has 5 heteroatoms. The summed E-state index contributed by atoms with van der Waals surface area (Å²) >= 11 is 5.44. The largest absolute Gasteiger partial charge is 0.489 e. The van der Waals surface area contributed by atoms with E-state index >= 15 is 0 Å². The maximum atomic E-state index is 12.2. The molecule has 0 bridgehead atoms. The normalized spacial score (nSPS) is 18.1. The number of fused-ring (bicyclic) bond motifs is 1. The molecular weight excluding hydrogens is 520 g/mol. The Bertz CT molecular complexity index is 1150. The molecule has 0 aromatic heterocycles. The third kappa shape index (κ3) is 6.02. The smallest absolute Gasteiger partial charge is 0.124 e. The van der Waals surface area contributed by atoms with E-state index in [4.69, 9.17) is 9.47 Å². The van der Waals surface area contributed by atoms with Crippen LogP contribution < -0.4 is 4.74 Å². The molecule has 1 aliphatic carbocycles. The highest BCUT2D eigenvalue weighted by Gasteiger charge is 2.37. The van der Waals surface area contributed by atoms with Gasteiger partial charge in [-0.1, -0.05) is 64.5 Å². The van der Waals surface area contributed by atoms with Crippen LogP contribution in [-0.2, 0) is 28.3 Å². The number of methoxy groups -OCH3 is 1. The van der Waals surface area contributed by atoms with Gasteiger partial charge in [0.1, 0.15) is 18.6 Å². The van der Waals surface area contributed by atoms with Crippen LogP contribution >= 0.6 is 27.7 Å². The first-order valence-electron chi connectivity index (χ1n) is 12.1. The molecule has 4 rings (SSSR count). The summed E-state index contributed by atoms with van der Waals surface area (Å²) in [6.45, 7) is 4.78. The molecule has 0 radical (unpaired) electrons. The molecule has 3 atom stereocenters. The summed E-state index contributed by atoms with van der Waals surface area (Å²) < 4.78 is 13.5. The van der Waals surface area contributed by atoms with Gasteiger partial charge in [-0.3, -0.25) is 0 Å². The molecule has 3 nitrogen and oxygen atoms in total. The van der Waals surface area contributed by atoms with Crippen LogP contribution in [-0.4, -0.2) is 19.1 Å². The van der Waals surface area contributed by atoms with E-state index in [1.54, 1.807) is 7.11 Å². The van der Waals surface area contributed by atoms with E-state index in [9.17, 15) is 4.79 Å². The molecule has 0 amide bonds. The Morgan fingerprint density at radius 2 is 1.86 bits per heavy atom. The fourth-order valence-corrected chi connectivity index (χ4v) is 6.70. The minimum absolute atomic E-state index is 0.0497. The van der Waals surface area contributed by atoms with E-state index < -0.39 is 0 Å². The summed E-state index contributed by atoms with van der Waals surface area (Å²) in [5.41, 5.74) is 7.31. The number of hydrogen-bond donors (Lipinski definition) is 0. The average molecular weight is 554 g/mol. The molecule has 0 aliphatic heterocycles. The van der Waals surface area contributed by atoms with E-state index in [0.717, 1.165) is 52.0 Å².